The van der Waals surface area contributed by atoms with Crippen molar-refractivity contribution >= 4 is 11.3 Å². The lowest BCUT2D eigenvalue weighted by atomic mass is 10.0. The zero-order chi connectivity index (χ0) is 15.6. The number of halogens is 4. The van der Waals surface area contributed by atoms with Crippen LogP contribution in [0.15, 0.2) is 24.4 Å². The van der Waals surface area contributed by atoms with Crippen molar-refractivity contribution in [1.29, 1.82) is 0 Å². The van der Waals surface area contributed by atoms with Crippen LogP contribution in [0, 0.1) is 12.7 Å². The second-order valence-corrected chi connectivity index (χ2v) is 5.78. The summed E-state index contributed by atoms with van der Waals surface area (Å²) in [6.07, 6.45) is -3.08. The number of benzene rings is 1. The maximum absolute atomic E-state index is 13.4. The zero-order valence-electron chi connectivity index (χ0n) is 11.5. The fourth-order valence-electron chi connectivity index (χ4n) is 2.04. The molecule has 1 aromatic heterocycles. The summed E-state index contributed by atoms with van der Waals surface area (Å²) >= 11 is 1.40. The van der Waals surface area contributed by atoms with Gasteiger partial charge in [-0.25, -0.2) is 9.37 Å². The Morgan fingerprint density at radius 1 is 1.33 bits per heavy atom. The van der Waals surface area contributed by atoms with E-state index in [-0.39, 0.29) is 0 Å². The van der Waals surface area contributed by atoms with Gasteiger partial charge in [-0.2, -0.15) is 13.2 Å². The molecule has 0 saturated heterocycles. The quantitative estimate of drug-likeness (QED) is 0.850. The van der Waals surface area contributed by atoms with Gasteiger partial charge in [0.05, 0.1) is 16.6 Å². The van der Waals surface area contributed by atoms with Crippen molar-refractivity contribution in [3.05, 3.63) is 51.2 Å². The number of thiazole rings is 1. The molecule has 1 unspecified atom stereocenters. The van der Waals surface area contributed by atoms with Crippen LogP contribution in [-0.4, -0.2) is 11.5 Å². The molecule has 0 aliphatic rings. The second kappa shape index (κ2) is 6.11. The zero-order valence-corrected chi connectivity index (χ0v) is 12.3. The highest BCUT2D eigenvalue weighted by molar-refractivity contribution is 7.11. The fourth-order valence-corrected chi connectivity index (χ4v) is 2.93. The minimum atomic E-state index is -4.71. The van der Waals surface area contributed by atoms with E-state index in [1.807, 2.05) is 13.8 Å². The summed E-state index contributed by atoms with van der Waals surface area (Å²) in [6.45, 7) is 4.25. The van der Waals surface area contributed by atoms with Crippen LogP contribution in [0.3, 0.4) is 0 Å². The van der Waals surface area contributed by atoms with E-state index >= 15 is 0 Å². The van der Waals surface area contributed by atoms with Crippen LogP contribution in [0.1, 0.15) is 34.0 Å². The van der Waals surface area contributed by atoms with Gasteiger partial charge < -0.3 is 5.32 Å². The van der Waals surface area contributed by atoms with Crippen molar-refractivity contribution in [3.8, 4) is 0 Å². The number of aromatic nitrogens is 1. The maximum atomic E-state index is 13.4. The molecule has 1 aromatic carbocycles. The predicted molar refractivity (Wildman–Crippen MR) is 73.8 cm³/mol. The van der Waals surface area contributed by atoms with Crippen LogP contribution < -0.4 is 5.32 Å². The predicted octanol–water partition coefficient (Wildman–Crippen LogP) is 4.31. The molecule has 0 amide bonds. The lowest BCUT2D eigenvalue weighted by Gasteiger charge is -2.18. The molecule has 0 radical (unpaired) electrons. The average molecular weight is 318 g/mol. The van der Waals surface area contributed by atoms with Crippen LogP contribution in [-0.2, 0) is 6.18 Å². The number of nitrogens with one attached hydrogen (secondary N) is 1. The van der Waals surface area contributed by atoms with Gasteiger partial charge in [0.25, 0.3) is 0 Å². The number of aryl methyl sites for hydroxylation is 1. The van der Waals surface area contributed by atoms with E-state index in [1.165, 1.54) is 17.4 Å². The first kappa shape index (κ1) is 15.9. The molecule has 21 heavy (non-hydrogen) atoms. The van der Waals surface area contributed by atoms with E-state index in [0.717, 1.165) is 22.0 Å². The number of nitrogens with zero attached hydrogens (tertiary/aromatic N) is 1. The van der Waals surface area contributed by atoms with Gasteiger partial charge in [0.15, 0.2) is 0 Å². The van der Waals surface area contributed by atoms with Crippen molar-refractivity contribution in [2.45, 2.75) is 26.1 Å². The first-order chi connectivity index (χ1) is 9.82. The van der Waals surface area contributed by atoms with Crippen molar-refractivity contribution in [3.63, 3.8) is 0 Å². The van der Waals surface area contributed by atoms with Crippen LogP contribution >= 0.6 is 11.3 Å². The SMILES string of the molecule is CCNC(c1ccc(F)c(C(F)(F)F)c1)c1cnc(C)s1. The van der Waals surface area contributed by atoms with Gasteiger partial charge in [0.2, 0.25) is 0 Å². The van der Waals surface area contributed by atoms with Gasteiger partial charge >= 0.3 is 6.18 Å². The Labute approximate surface area is 123 Å². The molecule has 1 N–H and O–H groups in total. The third-order valence-corrected chi connectivity index (χ3v) is 3.94. The highest BCUT2D eigenvalue weighted by atomic mass is 32.1. The minimum absolute atomic E-state index is 0.370. The van der Waals surface area contributed by atoms with E-state index < -0.39 is 23.6 Å². The normalized spacial score (nSPS) is 13.4. The monoisotopic (exact) mass is 318 g/mol. The highest BCUT2D eigenvalue weighted by Crippen LogP contribution is 2.35. The van der Waals surface area contributed by atoms with Gasteiger partial charge in [-0.1, -0.05) is 13.0 Å². The van der Waals surface area contributed by atoms with E-state index in [2.05, 4.69) is 10.3 Å². The molecular weight excluding hydrogens is 304 g/mol. The molecule has 0 aliphatic carbocycles. The maximum Gasteiger partial charge on any atom is 0.419 e. The molecule has 2 nitrogen and oxygen atoms in total. The molecule has 1 heterocycles. The highest BCUT2D eigenvalue weighted by Gasteiger charge is 2.34. The Bertz CT molecular complexity index is 622. The topological polar surface area (TPSA) is 24.9 Å². The standard InChI is InChI=1S/C14H14F4N2S/c1-3-19-13(12-7-20-8(2)21-12)9-4-5-11(15)10(6-9)14(16,17)18/h4-7,13,19H,3H2,1-2H3. The third-order valence-electron chi connectivity index (χ3n) is 2.96. The van der Waals surface area contributed by atoms with E-state index in [1.54, 1.807) is 6.20 Å². The van der Waals surface area contributed by atoms with Crippen LogP contribution in [0.2, 0.25) is 0 Å². The van der Waals surface area contributed by atoms with Crippen molar-refractivity contribution in [2.75, 3.05) is 6.54 Å². The van der Waals surface area contributed by atoms with Crippen molar-refractivity contribution in [2.24, 2.45) is 0 Å². The van der Waals surface area contributed by atoms with Crippen LogP contribution in [0.5, 0.6) is 0 Å². The molecule has 0 fully saturated rings. The Hall–Kier alpha value is -1.47. The molecular formula is C14H14F4N2S. The second-order valence-electron chi connectivity index (χ2n) is 4.51. The summed E-state index contributed by atoms with van der Waals surface area (Å²) in [6, 6.07) is 2.66. The third kappa shape index (κ3) is 3.59. The van der Waals surface area contributed by atoms with Crippen molar-refractivity contribution < 1.29 is 17.6 Å². The Balaban J connectivity index is 2.46. The van der Waals surface area contributed by atoms with E-state index in [4.69, 9.17) is 0 Å². The number of rotatable bonds is 4. The van der Waals surface area contributed by atoms with Gasteiger partial charge in [0, 0.05) is 11.1 Å². The first-order valence-electron chi connectivity index (χ1n) is 6.35. The summed E-state index contributed by atoms with van der Waals surface area (Å²) in [7, 11) is 0. The number of hydrogen-bond acceptors (Lipinski definition) is 3. The van der Waals surface area contributed by atoms with Gasteiger partial charge in [-0.3, -0.25) is 0 Å². The number of hydrogen-bond donors (Lipinski definition) is 1. The van der Waals surface area contributed by atoms with Gasteiger partial charge in [0.1, 0.15) is 5.82 Å². The Morgan fingerprint density at radius 3 is 2.57 bits per heavy atom. The summed E-state index contributed by atoms with van der Waals surface area (Å²) in [4.78, 5) is 4.92. The smallest absolute Gasteiger partial charge is 0.306 e. The minimum Gasteiger partial charge on any atom is -0.306 e. The van der Waals surface area contributed by atoms with Gasteiger partial charge in [-0.05, 0) is 31.2 Å². The molecule has 1 atom stereocenters. The summed E-state index contributed by atoms with van der Waals surface area (Å²) in [5.41, 5.74) is -0.877. The largest absolute Gasteiger partial charge is 0.419 e. The summed E-state index contributed by atoms with van der Waals surface area (Å²) in [5.74, 6) is -1.26. The van der Waals surface area contributed by atoms with E-state index in [9.17, 15) is 17.6 Å². The molecule has 2 rings (SSSR count). The summed E-state index contributed by atoms with van der Waals surface area (Å²) < 4.78 is 51.8. The molecule has 0 spiro atoms. The molecule has 2 aromatic rings. The van der Waals surface area contributed by atoms with Crippen LogP contribution in [0.4, 0.5) is 17.6 Å². The first-order valence-corrected chi connectivity index (χ1v) is 7.17. The van der Waals surface area contributed by atoms with Gasteiger partial charge in [-0.15, -0.1) is 11.3 Å². The Kier molecular flexibility index (Phi) is 4.63. The molecule has 7 heteroatoms. The molecule has 0 bridgehead atoms. The Morgan fingerprint density at radius 2 is 2.05 bits per heavy atom. The van der Waals surface area contributed by atoms with Crippen molar-refractivity contribution in [1.82, 2.24) is 10.3 Å². The molecule has 114 valence electrons. The molecule has 0 saturated carbocycles. The van der Waals surface area contributed by atoms with E-state index in [0.29, 0.717) is 12.1 Å². The summed E-state index contributed by atoms with van der Waals surface area (Å²) in [5, 5.41) is 3.93. The average Bonchev–Trinajstić information content (AvgIpc) is 2.82. The lowest BCUT2D eigenvalue weighted by Crippen LogP contribution is -2.22. The number of alkyl halides is 3. The lowest BCUT2D eigenvalue weighted by molar-refractivity contribution is -0.140. The van der Waals surface area contributed by atoms with Crippen LogP contribution in [0.25, 0.3) is 0 Å². The molecule has 0 aliphatic heterocycles. The fraction of sp³-hybridized carbons (Fsp3) is 0.357.